The maximum absolute atomic E-state index is 13.7. The highest BCUT2D eigenvalue weighted by atomic mass is 35.5. The summed E-state index contributed by atoms with van der Waals surface area (Å²) in [5.74, 6) is 0.478. The fourth-order valence-corrected chi connectivity index (χ4v) is 2.26. The van der Waals surface area contributed by atoms with E-state index in [0.29, 0.717) is 32.1 Å². The Bertz CT molecular complexity index is 588. The van der Waals surface area contributed by atoms with E-state index in [9.17, 15) is 4.39 Å². The third-order valence-corrected chi connectivity index (χ3v) is 3.29. The molecule has 1 fully saturated rings. The monoisotopic (exact) mass is 294 g/mol. The number of aromatic nitrogens is 4. The van der Waals surface area contributed by atoms with Crippen molar-refractivity contribution in [2.45, 2.75) is 0 Å². The van der Waals surface area contributed by atoms with Crippen LogP contribution in [0, 0.1) is 5.82 Å². The lowest BCUT2D eigenvalue weighted by Crippen LogP contribution is -2.47. The summed E-state index contributed by atoms with van der Waals surface area (Å²) in [6, 6.07) is 1.78. The van der Waals surface area contributed by atoms with Gasteiger partial charge in [0.15, 0.2) is 11.6 Å². The lowest BCUT2D eigenvalue weighted by atomic mass is 10.3. The van der Waals surface area contributed by atoms with Crippen LogP contribution in [-0.2, 0) is 0 Å². The van der Waals surface area contributed by atoms with Crippen molar-refractivity contribution in [3.05, 3.63) is 35.8 Å². The topological polar surface area (TPSA) is 58.0 Å². The molecule has 0 N–H and O–H groups in total. The minimum atomic E-state index is -0.459. The van der Waals surface area contributed by atoms with Crippen molar-refractivity contribution in [1.82, 2.24) is 19.9 Å². The van der Waals surface area contributed by atoms with Gasteiger partial charge in [0.25, 0.3) is 0 Å². The minimum absolute atomic E-state index is 0.0511. The summed E-state index contributed by atoms with van der Waals surface area (Å²) in [6.45, 7) is 2.65. The third kappa shape index (κ3) is 2.62. The van der Waals surface area contributed by atoms with Crippen LogP contribution in [0.1, 0.15) is 0 Å². The fourth-order valence-electron chi connectivity index (χ4n) is 2.13. The Balaban J connectivity index is 1.71. The van der Waals surface area contributed by atoms with Gasteiger partial charge in [-0.3, -0.25) is 0 Å². The van der Waals surface area contributed by atoms with E-state index < -0.39 is 5.82 Å². The Labute approximate surface area is 120 Å². The number of hydrogen-bond acceptors (Lipinski definition) is 6. The van der Waals surface area contributed by atoms with E-state index in [1.807, 2.05) is 4.90 Å². The minimum Gasteiger partial charge on any atom is -0.350 e. The quantitative estimate of drug-likeness (QED) is 0.780. The van der Waals surface area contributed by atoms with E-state index in [1.54, 1.807) is 18.5 Å². The van der Waals surface area contributed by atoms with Crippen molar-refractivity contribution in [2.75, 3.05) is 36.0 Å². The smallest absolute Gasteiger partial charge is 0.225 e. The maximum atomic E-state index is 13.7. The van der Waals surface area contributed by atoms with Crippen LogP contribution in [0.3, 0.4) is 0 Å². The molecule has 0 aliphatic carbocycles. The van der Waals surface area contributed by atoms with E-state index in [2.05, 4.69) is 24.8 Å². The highest BCUT2D eigenvalue weighted by Gasteiger charge is 2.22. The van der Waals surface area contributed by atoms with Gasteiger partial charge >= 0.3 is 0 Å². The molecule has 2 aromatic rings. The summed E-state index contributed by atoms with van der Waals surface area (Å²) in [4.78, 5) is 19.9. The number of anilines is 2. The molecule has 3 heterocycles. The normalized spacial score (nSPS) is 15.5. The van der Waals surface area contributed by atoms with Gasteiger partial charge in [-0.25, -0.2) is 19.3 Å². The van der Waals surface area contributed by atoms with Gasteiger partial charge in [-0.05, 0) is 17.7 Å². The lowest BCUT2D eigenvalue weighted by Gasteiger charge is -2.35. The third-order valence-electron chi connectivity index (χ3n) is 3.11. The van der Waals surface area contributed by atoms with Gasteiger partial charge in [-0.15, -0.1) is 0 Å². The Morgan fingerprint density at radius 1 is 1.00 bits per heavy atom. The summed E-state index contributed by atoms with van der Waals surface area (Å²) in [6.07, 6.45) is 4.51. The molecule has 8 heteroatoms. The molecule has 0 aromatic carbocycles. The first kappa shape index (κ1) is 13.0. The summed E-state index contributed by atoms with van der Waals surface area (Å²) in [5, 5.41) is 0.0511. The van der Waals surface area contributed by atoms with E-state index in [4.69, 9.17) is 11.6 Å². The number of rotatable bonds is 2. The highest BCUT2D eigenvalue weighted by Crippen LogP contribution is 2.20. The second-order valence-electron chi connectivity index (χ2n) is 4.33. The van der Waals surface area contributed by atoms with Crippen LogP contribution in [0.5, 0.6) is 0 Å². The zero-order valence-electron chi connectivity index (χ0n) is 10.6. The molecule has 2 aromatic heterocycles. The lowest BCUT2D eigenvalue weighted by molar-refractivity contribution is 0.579. The number of hydrogen-bond donors (Lipinski definition) is 0. The van der Waals surface area contributed by atoms with Crippen molar-refractivity contribution >= 4 is 23.4 Å². The highest BCUT2D eigenvalue weighted by molar-refractivity contribution is 6.28. The van der Waals surface area contributed by atoms with Crippen LogP contribution in [0.15, 0.2) is 24.7 Å². The number of piperazine rings is 1. The van der Waals surface area contributed by atoms with E-state index >= 15 is 0 Å². The average Bonchev–Trinajstić information content (AvgIpc) is 2.51. The van der Waals surface area contributed by atoms with Gasteiger partial charge in [-0.1, -0.05) is 0 Å². The van der Waals surface area contributed by atoms with Gasteiger partial charge in [0.2, 0.25) is 11.2 Å². The molecule has 0 saturated carbocycles. The van der Waals surface area contributed by atoms with Gasteiger partial charge in [-0.2, -0.15) is 4.98 Å². The molecular weight excluding hydrogens is 283 g/mol. The van der Waals surface area contributed by atoms with Crippen LogP contribution in [0.2, 0.25) is 5.28 Å². The van der Waals surface area contributed by atoms with E-state index in [0.717, 1.165) is 6.20 Å². The molecule has 6 nitrogen and oxygen atoms in total. The number of halogens is 2. The Morgan fingerprint density at radius 2 is 1.65 bits per heavy atom. The van der Waals surface area contributed by atoms with Crippen LogP contribution in [0.4, 0.5) is 16.2 Å². The second-order valence-corrected chi connectivity index (χ2v) is 4.67. The fraction of sp³-hybridized carbons (Fsp3) is 0.333. The van der Waals surface area contributed by atoms with Crippen LogP contribution < -0.4 is 9.80 Å². The molecule has 1 aliphatic heterocycles. The first-order valence-electron chi connectivity index (χ1n) is 6.19. The molecule has 0 bridgehead atoms. The molecule has 0 radical (unpaired) electrons. The Kier molecular flexibility index (Phi) is 3.60. The van der Waals surface area contributed by atoms with Gasteiger partial charge in [0.1, 0.15) is 0 Å². The molecule has 3 rings (SSSR count). The van der Waals surface area contributed by atoms with Crippen LogP contribution >= 0.6 is 11.6 Å². The van der Waals surface area contributed by atoms with Gasteiger partial charge < -0.3 is 9.80 Å². The van der Waals surface area contributed by atoms with Crippen molar-refractivity contribution in [3.63, 3.8) is 0 Å². The van der Waals surface area contributed by atoms with E-state index in [1.165, 1.54) is 0 Å². The molecule has 0 unspecified atom stereocenters. The predicted octanol–water partition coefficient (Wildman–Crippen LogP) is 1.39. The molecule has 0 atom stereocenters. The van der Waals surface area contributed by atoms with Crippen molar-refractivity contribution in [2.24, 2.45) is 0 Å². The second kappa shape index (κ2) is 5.54. The molecular formula is C12H12ClFN6. The van der Waals surface area contributed by atoms with Crippen molar-refractivity contribution in [1.29, 1.82) is 0 Å². The summed E-state index contributed by atoms with van der Waals surface area (Å²) < 4.78 is 13.7. The van der Waals surface area contributed by atoms with Crippen molar-refractivity contribution in [3.8, 4) is 0 Å². The molecule has 20 heavy (non-hydrogen) atoms. The molecule has 1 aliphatic rings. The molecule has 1 saturated heterocycles. The average molecular weight is 295 g/mol. The molecule has 104 valence electrons. The summed E-state index contributed by atoms with van der Waals surface area (Å²) in [7, 11) is 0. The summed E-state index contributed by atoms with van der Waals surface area (Å²) in [5.41, 5.74) is 0. The summed E-state index contributed by atoms with van der Waals surface area (Å²) >= 11 is 5.71. The van der Waals surface area contributed by atoms with Crippen LogP contribution in [-0.4, -0.2) is 46.1 Å². The zero-order chi connectivity index (χ0) is 13.9. The SMILES string of the molecule is Fc1cnc(Cl)nc1N1CCN(c2ncccn2)CC1. The standard InChI is InChI=1S/C12H12ClFN6/c13-11-17-8-9(14)10(18-11)19-4-6-20(7-5-19)12-15-2-1-3-16-12/h1-3,8H,4-7H2. The van der Waals surface area contributed by atoms with Gasteiger partial charge in [0, 0.05) is 38.6 Å². The number of nitrogens with zero attached hydrogens (tertiary/aromatic N) is 6. The van der Waals surface area contributed by atoms with Crippen molar-refractivity contribution < 1.29 is 4.39 Å². The van der Waals surface area contributed by atoms with Crippen LogP contribution in [0.25, 0.3) is 0 Å². The molecule has 0 amide bonds. The first-order valence-corrected chi connectivity index (χ1v) is 6.57. The largest absolute Gasteiger partial charge is 0.350 e. The maximum Gasteiger partial charge on any atom is 0.225 e. The molecule has 0 spiro atoms. The van der Waals surface area contributed by atoms with Gasteiger partial charge in [0.05, 0.1) is 6.20 Å². The Morgan fingerprint density at radius 3 is 2.35 bits per heavy atom. The van der Waals surface area contributed by atoms with E-state index in [-0.39, 0.29) is 11.1 Å². The first-order chi connectivity index (χ1) is 9.74. The Hall–Kier alpha value is -2.02. The predicted molar refractivity (Wildman–Crippen MR) is 73.5 cm³/mol. The zero-order valence-corrected chi connectivity index (χ0v) is 11.3.